The van der Waals surface area contributed by atoms with Crippen molar-refractivity contribution >= 4 is 46.2 Å². The van der Waals surface area contributed by atoms with E-state index in [0.717, 1.165) is 5.56 Å². The third-order valence-electron chi connectivity index (χ3n) is 5.25. The number of hydrogen-bond acceptors (Lipinski definition) is 7. The largest absolute Gasteiger partial charge is 0.497 e. The van der Waals surface area contributed by atoms with Gasteiger partial charge < -0.3 is 19.5 Å². The van der Waals surface area contributed by atoms with Crippen molar-refractivity contribution in [3.05, 3.63) is 84.1 Å². The first-order valence-electron chi connectivity index (χ1n) is 10.8. The van der Waals surface area contributed by atoms with Crippen molar-refractivity contribution < 1.29 is 23.8 Å². The predicted octanol–water partition coefficient (Wildman–Crippen LogP) is 4.54. The van der Waals surface area contributed by atoms with Gasteiger partial charge in [0.15, 0.2) is 16.7 Å². The van der Waals surface area contributed by atoms with E-state index in [2.05, 4.69) is 10.3 Å². The van der Waals surface area contributed by atoms with Crippen molar-refractivity contribution in [2.75, 3.05) is 29.9 Å². The third-order valence-corrected chi connectivity index (χ3v) is 6.19. The molecule has 3 aromatic carbocycles. The average molecular weight is 488 g/mol. The van der Waals surface area contributed by atoms with Crippen LogP contribution in [0.4, 0.5) is 11.4 Å². The molecule has 176 valence electrons. The van der Waals surface area contributed by atoms with Gasteiger partial charge in [-0.1, -0.05) is 36.0 Å². The number of nitrogens with one attached hydrogen (secondary N) is 1. The lowest BCUT2D eigenvalue weighted by Gasteiger charge is -2.17. The van der Waals surface area contributed by atoms with Gasteiger partial charge in [0.1, 0.15) is 11.4 Å². The number of benzene rings is 3. The number of fused-ring (bicyclic) bond motifs is 1. The Kier molecular flexibility index (Phi) is 6.40. The molecule has 5 rings (SSSR count). The van der Waals surface area contributed by atoms with Crippen LogP contribution < -0.4 is 24.4 Å². The minimum atomic E-state index is -0.271. The summed E-state index contributed by atoms with van der Waals surface area (Å²) in [6.07, 6.45) is 1.70. The number of amides is 2. The Balaban J connectivity index is 1.35. The normalized spacial score (nSPS) is 15.3. The minimum Gasteiger partial charge on any atom is -0.497 e. The van der Waals surface area contributed by atoms with E-state index in [1.54, 1.807) is 49.6 Å². The summed E-state index contributed by atoms with van der Waals surface area (Å²) in [7, 11) is 1.58. The van der Waals surface area contributed by atoms with Crippen molar-refractivity contribution in [2.24, 2.45) is 4.99 Å². The maximum atomic E-state index is 13.3. The summed E-state index contributed by atoms with van der Waals surface area (Å²) in [5, 5.41) is 3.27. The van der Waals surface area contributed by atoms with E-state index >= 15 is 0 Å². The number of carbonyl (C=O) groups excluding carboxylic acids is 2. The van der Waals surface area contributed by atoms with Crippen molar-refractivity contribution in [3.8, 4) is 17.2 Å². The predicted molar refractivity (Wildman–Crippen MR) is 136 cm³/mol. The van der Waals surface area contributed by atoms with Gasteiger partial charge in [0.25, 0.3) is 5.91 Å². The zero-order chi connectivity index (χ0) is 24.2. The van der Waals surface area contributed by atoms with Crippen LogP contribution in [-0.2, 0) is 9.59 Å². The van der Waals surface area contributed by atoms with Crippen molar-refractivity contribution in [1.82, 2.24) is 0 Å². The number of anilines is 2. The number of carbonyl (C=O) groups is 2. The number of para-hydroxylation sites is 1. The van der Waals surface area contributed by atoms with Crippen LogP contribution in [-0.4, -0.2) is 36.6 Å². The highest BCUT2D eigenvalue weighted by atomic mass is 32.2. The summed E-state index contributed by atoms with van der Waals surface area (Å²) in [5.41, 5.74) is 2.36. The molecule has 35 heavy (non-hydrogen) atoms. The number of rotatable bonds is 6. The van der Waals surface area contributed by atoms with Crippen LogP contribution in [0.3, 0.4) is 0 Å². The molecule has 0 spiro atoms. The summed E-state index contributed by atoms with van der Waals surface area (Å²) in [6, 6.07) is 21.7. The fraction of sp³-hybridized carbons (Fsp3) is 0.115. The summed E-state index contributed by atoms with van der Waals surface area (Å²) in [4.78, 5) is 32.0. The SMILES string of the molecule is COc1ccc(NC(=O)CSC2=NC(=Cc3ccc4c(c3)OCO4)C(=O)N2c2ccccc2)cc1. The van der Waals surface area contributed by atoms with Gasteiger partial charge in [-0.25, -0.2) is 4.99 Å². The average Bonchev–Trinajstić information content (AvgIpc) is 3.47. The second-order valence-electron chi connectivity index (χ2n) is 7.58. The van der Waals surface area contributed by atoms with Crippen molar-refractivity contribution in [1.29, 1.82) is 0 Å². The molecule has 0 bridgehead atoms. The molecule has 1 N–H and O–H groups in total. The molecule has 0 fully saturated rings. The Labute approximate surface area is 206 Å². The monoisotopic (exact) mass is 487 g/mol. The molecule has 0 aromatic heterocycles. The Morgan fingerprint density at radius 1 is 1.09 bits per heavy atom. The van der Waals surface area contributed by atoms with Crippen LogP contribution in [0, 0.1) is 0 Å². The van der Waals surface area contributed by atoms with E-state index in [-0.39, 0.29) is 30.1 Å². The van der Waals surface area contributed by atoms with Gasteiger partial charge in [-0.05, 0) is 60.2 Å². The Morgan fingerprint density at radius 3 is 2.63 bits per heavy atom. The summed E-state index contributed by atoms with van der Waals surface area (Å²) in [5.74, 6) is 1.59. The number of thioether (sulfide) groups is 1. The molecule has 3 aromatic rings. The number of ether oxygens (including phenoxy) is 3. The van der Waals surface area contributed by atoms with Gasteiger partial charge >= 0.3 is 0 Å². The molecule has 0 aliphatic carbocycles. The highest BCUT2D eigenvalue weighted by molar-refractivity contribution is 8.14. The first-order chi connectivity index (χ1) is 17.1. The lowest BCUT2D eigenvalue weighted by atomic mass is 10.1. The van der Waals surface area contributed by atoms with Crippen molar-refractivity contribution in [3.63, 3.8) is 0 Å². The number of hydrogen-bond donors (Lipinski definition) is 1. The fourth-order valence-electron chi connectivity index (χ4n) is 3.56. The van der Waals surface area contributed by atoms with Gasteiger partial charge in [0.05, 0.1) is 18.6 Å². The third kappa shape index (κ3) is 4.99. The number of aliphatic imine (C=N–C) groups is 1. The number of nitrogens with zero attached hydrogens (tertiary/aromatic N) is 2. The smallest absolute Gasteiger partial charge is 0.283 e. The maximum absolute atomic E-state index is 13.3. The molecule has 9 heteroatoms. The van der Waals surface area contributed by atoms with E-state index < -0.39 is 0 Å². The van der Waals surface area contributed by atoms with Gasteiger partial charge in [-0.3, -0.25) is 14.5 Å². The van der Waals surface area contributed by atoms with Crippen LogP contribution in [0.5, 0.6) is 17.2 Å². The highest BCUT2D eigenvalue weighted by Crippen LogP contribution is 2.34. The lowest BCUT2D eigenvalue weighted by Crippen LogP contribution is -2.31. The number of methoxy groups -OCH3 is 1. The molecule has 2 heterocycles. The standard InChI is InChI=1S/C26H21N3O5S/c1-32-20-10-8-18(9-11-20)27-24(30)15-35-26-28-21(25(31)29(26)19-5-3-2-4-6-19)13-17-7-12-22-23(14-17)34-16-33-22/h2-14H,15-16H2,1H3,(H,27,30). The quantitative estimate of drug-likeness (QED) is 0.514. The Bertz CT molecular complexity index is 1320. The fourth-order valence-corrected chi connectivity index (χ4v) is 4.37. The van der Waals surface area contributed by atoms with Gasteiger partial charge in [-0.2, -0.15) is 0 Å². The van der Waals surface area contributed by atoms with E-state index in [1.807, 2.05) is 36.4 Å². The van der Waals surface area contributed by atoms with Crippen LogP contribution in [0.15, 0.2) is 83.5 Å². The second kappa shape index (κ2) is 9.94. The van der Waals surface area contributed by atoms with E-state index in [0.29, 0.717) is 33.8 Å². The summed E-state index contributed by atoms with van der Waals surface area (Å²) in [6.45, 7) is 0.174. The first kappa shape index (κ1) is 22.5. The highest BCUT2D eigenvalue weighted by Gasteiger charge is 2.32. The molecular weight excluding hydrogens is 466 g/mol. The molecular formula is C26H21N3O5S. The Hall–Kier alpha value is -4.24. The van der Waals surface area contributed by atoms with Crippen LogP contribution in [0.2, 0.25) is 0 Å². The van der Waals surface area contributed by atoms with E-state index in [4.69, 9.17) is 14.2 Å². The molecule has 2 aliphatic rings. The molecule has 0 saturated heterocycles. The van der Waals surface area contributed by atoms with Crippen LogP contribution >= 0.6 is 11.8 Å². The van der Waals surface area contributed by atoms with Gasteiger partial charge in [0.2, 0.25) is 12.7 Å². The maximum Gasteiger partial charge on any atom is 0.283 e. The van der Waals surface area contributed by atoms with Crippen molar-refractivity contribution in [2.45, 2.75) is 0 Å². The molecule has 8 nitrogen and oxygen atoms in total. The zero-order valence-electron chi connectivity index (χ0n) is 18.8. The molecule has 2 aliphatic heterocycles. The second-order valence-corrected chi connectivity index (χ2v) is 8.52. The zero-order valence-corrected chi connectivity index (χ0v) is 19.6. The molecule has 0 unspecified atom stereocenters. The van der Waals surface area contributed by atoms with Gasteiger partial charge in [-0.15, -0.1) is 0 Å². The van der Waals surface area contributed by atoms with Crippen LogP contribution in [0.25, 0.3) is 6.08 Å². The Morgan fingerprint density at radius 2 is 1.86 bits per heavy atom. The van der Waals surface area contributed by atoms with E-state index in [9.17, 15) is 9.59 Å². The van der Waals surface area contributed by atoms with Gasteiger partial charge in [0, 0.05) is 5.69 Å². The first-order valence-corrected chi connectivity index (χ1v) is 11.8. The molecule has 2 amide bonds. The molecule has 0 atom stereocenters. The molecule has 0 radical (unpaired) electrons. The minimum absolute atomic E-state index is 0.0821. The summed E-state index contributed by atoms with van der Waals surface area (Å²) < 4.78 is 15.9. The molecule has 0 saturated carbocycles. The number of amidine groups is 1. The van der Waals surface area contributed by atoms with E-state index in [1.165, 1.54) is 16.7 Å². The lowest BCUT2D eigenvalue weighted by molar-refractivity contribution is -0.114. The topological polar surface area (TPSA) is 89.5 Å². The van der Waals surface area contributed by atoms with Crippen LogP contribution in [0.1, 0.15) is 5.56 Å². The summed E-state index contributed by atoms with van der Waals surface area (Å²) >= 11 is 1.19.